The highest BCUT2D eigenvalue weighted by Gasteiger charge is 2.31. The van der Waals surface area contributed by atoms with Crippen molar-refractivity contribution in [3.8, 4) is 5.82 Å². The quantitative estimate of drug-likeness (QED) is 0.182. The smallest absolute Gasteiger partial charge is 0.395 e. The Kier molecular flexibility index (Phi) is 8.65. The molecule has 0 aliphatic heterocycles. The second-order valence-electron chi connectivity index (χ2n) is 9.02. The predicted molar refractivity (Wildman–Crippen MR) is 146 cm³/mol. The van der Waals surface area contributed by atoms with Crippen LogP contribution in [0.2, 0.25) is 0 Å². The van der Waals surface area contributed by atoms with Crippen molar-refractivity contribution in [2.45, 2.75) is 26.6 Å². The first-order chi connectivity index (χ1) is 19.1. The van der Waals surface area contributed by atoms with Crippen LogP contribution in [0.25, 0.3) is 5.82 Å². The van der Waals surface area contributed by atoms with Gasteiger partial charge in [-0.1, -0.05) is 6.07 Å². The van der Waals surface area contributed by atoms with Gasteiger partial charge < -0.3 is 26.4 Å². The van der Waals surface area contributed by atoms with Gasteiger partial charge >= 0.3 is 6.18 Å². The molecule has 0 saturated heterocycles. The first-order valence-electron chi connectivity index (χ1n) is 12.4. The Bertz CT molecular complexity index is 1500. The number of alkyl halides is 3. The first-order valence-corrected chi connectivity index (χ1v) is 12.4. The number of carbonyl (C=O) groups is 1. The molecule has 4 aromatic rings. The van der Waals surface area contributed by atoms with Gasteiger partial charge in [0.15, 0.2) is 5.82 Å². The molecular formula is C27H29F3N8O2. The molecule has 0 spiro atoms. The van der Waals surface area contributed by atoms with Gasteiger partial charge in [-0.2, -0.15) is 23.0 Å². The van der Waals surface area contributed by atoms with E-state index in [2.05, 4.69) is 36.3 Å². The minimum Gasteiger partial charge on any atom is -0.395 e. The minimum absolute atomic E-state index is 0.0681. The monoisotopic (exact) mass is 554 g/mol. The van der Waals surface area contributed by atoms with E-state index in [0.717, 1.165) is 23.4 Å². The number of nitrogens with zero attached hydrogens (tertiary/aromatic N) is 4. The molecule has 0 radical (unpaired) electrons. The second-order valence-corrected chi connectivity index (χ2v) is 9.02. The third kappa shape index (κ3) is 6.93. The maximum atomic E-state index is 13.5. The highest BCUT2D eigenvalue weighted by Crippen LogP contribution is 2.31. The molecule has 2 aromatic carbocycles. The van der Waals surface area contributed by atoms with Gasteiger partial charge in [0.1, 0.15) is 18.0 Å². The summed E-state index contributed by atoms with van der Waals surface area (Å²) in [5.41, 5.74) is 1.85. The van der Waals surface area contributed by atoms with Gasteiger partial charge in [0.05, 0.1) is 17.9 Å². The molecule has 13 heteroatoms. The van der Waals surface area contributed by atoms with Crippen molar-refractivity contribution in [3.63, 3.8) is 0 Å². The van der Waals surface area contributed by atoms with E-state index in [-0.39, 0.29) is 30.8 Å². The molecule has 40 heavy (non-hydrogen) atoms. The summed E-state index contributed by atoms with van der Waals surface area (Å²) in [6, 6.07) is 11.9. The molecule has 0 aliphatic rings. The molecule has 0 fully saturated rings. The highest BCUT2D eigenvalue weighted by molar-refractivity contribution is 6.04. The van der Waals surface area contributed by atoms with E-state index in [9.17, 15) is 18.0 Å². The lowest BCUT2D eigenvalue weighted by Gasteiger charge is -2.15. The van der Waals surface area contributed by atoms with E-state index < -0.39 is 17.6 Å². The summed E-state index contributed by atoms with van der Waals surface area (Å²) in [5, 5.41) is 25.2. The van der Waals surface area contributed by atoms with E-state index in [1.165, 1.54) is 12.4 Å². The van der Waals surface area contributed by atoms with Crippen molar-refractivity contribution in [1.29, 1.82) is 0 Å². The van der Waals surface area contributed by atoms with Crippen LogP contribution in [-0.4, -0.2) is 51.0 Å². The number of hydrogen-bond acceptors (Lipinski definition) is 8. The number of carbonyl (C=O) groups excluding carboxylic acids is 1. The van der Waals surface area contributed by atoms with Gasteiger partial charge in [0.2, 0.25) is 0 Å². The number of hydrogen-bond donors (Lipinski definition) is 5. The fourth-order valence-corrected chi connectivity index (χ4v) is 3.94. The van der Waals surface area contributed by atoms with Gasteiger partial charge in [-0.05, 0) is 55.3 Å². The molecule has 10 nitrogen and oxygen atoms in total. The molecule has 0 unspecified atom stereocenters. The normalized spacial score (nSPS) is 11.4. The zero-order chi connectivity index (χ0) is 28.9. The molecule has 5 N–H and O–H groups in total. The van der Waals surface area contributed by atoms with E-state index in [1.54, 1.807) is 36.0 Å². The molecular weight excluding hydrogens is 525 g/mol. The first kappa shape index (κ1) is 28.5. The summed E-state index contributed by atoms with van der Waals surface area (Å²) in [6.45, 7) is 3.84. The molecule has 210 valence electrons. The third-order valence-corrected chi connectivity index (χ3v) is 5.92. The molecule has 0 saturated carbocycles. The largest absolute Gasteiger partial charge is 0.416 e. The average Bonchev–Trinajstić information content (AvgIpc) is 3.30. The maximum Gasteiger partial charge on any atom is 0.416 e. The molecule has 2 aromatic heterocycles. The molecule has 0 atom stereocenters. The van der Waals surface area contributed by atoms with Crippen molar-refractivity contribution in [1.82, 2.24) is 25.1 Å². The zero-order valence-corrected chi connectivity index (χ0v) is 22.1. The molecule has 1 amide bonds. The molecule has 4 rings (SSSR count). The zero-order valence-electron chi connectivity index (χ0n) is 22.1. The van der Waals surface area contributed by atoms with Crippen LogP contribution in [0.4, 0.5) is 36.2 Å². The summed E-state index contributed by atoms with van der Waals surface area (Å²) < 4.78 is 42.2. The summed E-state index contributed by atoms with van der Waals surface area (Å²) in [4.78, 5) is 21.5. The number of nitrogens with one attached hydrogen (secondary N) is 4. The van der Waals surface area contributed by atoms with Crippen molar-refractivity contribution >= 4 is 28.9 Å². The summed E-state index contributed by atoms with van der Waals surface area (Å²) in [6.07, 6.45) is -3.20. The van der Waals surface area contributed by atoms with Crippen LogP contribution in [0.15, 0.2) is 54.9 Å². The second kappa shape index (κ2) is 12.1. The molecule has 0 aliphatic carbocycles. The van der Waals surface area contributed by atoms with Gasteiger partial charge in [-0.25, -0.2) is 9.97 Å². The predicted octanol–water partition coefficient (Wildman–Crippen LogP) is 4.42. The lowest BCUT2D eigenvalue weighted by Crippen LogP contribution is -2.19. The van der Waals surface area contributed by atoms with E-state index >= 15 is 0 Å². The van der Waals surface area contributed by atoms with E-state index in [1.807, 2.05) is 19.9 Å². The number of rotatable bonds is 10. The maximum absolute atomic E-state index is 13.5. The van der Waals surface area contributed by atoms with Crippen molar-refractivity contribution in [3.05, 3.63) is 82.8 Å². The standard InChI is InChI=1S/C27H29F3N8O2/c1-16-4-5-21(35-26(40)19-9-18(14-32-6-7-39)10-20(11-19)27(28,29)30)12-22(16)36-25-8-17(2)37-38(25)24-13-23(31-3)33-15-34-24/h4-5,8-13,15,32,36,39H,6-7,14H2,1-3H3,(H,35,40)(H,31,33,34). The average molecular weight is 555 g/mol. The summed E-state index contributed by atoms with van der Waals surface area (Å²) >= 11 is 0. The topological polar surface area (TPSA) is 129 Å². The molecule has 2 heterocycles. The van der Waals surface area contributed by atoms with Gasteiger partial charge in [0, 0.05) is 49.2 Å². The number of anilines is 4. The Hall–Kier alpha value is -4.49. The number of amides is 1. The van der Waals surface area contributed by atoms with Crippen LogP contribution in [0, 0.1) is 13.8 Å². The van der Waals surface area contributed by atoms with Crippen LogP contribution in [0.1, 0.15) is 32.7 Å². The summed E-state index contributed by atoms with van der Waals surface area (Å²) in [7, 11) is 1.75. The van der Waals surface area contributed by atoms with Crippen molar-refractivity contribution in [2.75, 3.05) is 36.1 Å². The number of benzene rings is 2. The van der Waals surface area contributed by atoms with Gasteiger partial charge in [-0.15, -0.1) is 0 Å². The number of aliphatic hydroxyl groups excluding tert-OH is 1. The van der Waals surface area contributed by atoms with Crippen molar-refractivity contribution < 1.29 is 23.1 Å². The molecule has 0 bridgehead atoms. The lowest BCUT2D eigenvalue weighted by molar-refractivity contribution is -0.137. The lowest BCUT2D eigenvalue weighted by atomic mass is 10.0. The Balaban J connectivity index is 1.59. The van der Waals surface area contributed by atoms with Crippen LogP contribution in [0.5, 0.6) is 0 Å². The van der Waals surface area contributed by atoms with Crippen LogP contribution >= 0.6 is 0 Å². The number of aryl methyl sites for hydroxylation is 2. The van der Waals surface area contributed by atoms with Crippen molar-refractivity contribution in [2.24, 2.45) is 0 Å². The Morgan fingerprint density at radius 1 is 1.05 bits per heavy atom. The number of aliphatic hydroxyl groups is 1. The van der Waals surface area contributed by atoms with Gasteiger partial charge in [-0.3, -0.25) is 4.79 Å². The number of aromatic nitrogens is 4. The number of halogens is 3. The fourth-order valence-electron chi connectivity index (χ4n) is 3.94. The van der Waals surface area contributed by atoms with E-state index in [4.69, 9.17) is 5.11 Å². The Morgan fingerprint density at radius 3 is 2.58 bits per heavy atom. The van der Waals surface area contributed by atoms with Gasteiger partial charge in [0.25, 0.3) is 5.91 Å². The Labute approximate surface area is 228 Å². The van der Waals surface area contributed by atoms with Crippen LogP contribution in [-0.2, 0) is 12.7 Å². The minimum atomic E-state index is -4.62. The summed E-state index contributed by atoms with van der Waals surface area (Å²) in [5.74, 6) is 1.08. The fraction of sp³-hybridized carbons (Fsp3) is 0.259. The Morgan fingerprint density at radius 2 is 1.85 bits per heavy atom. The van der Waals surface area contributed by atoms with Crippen LogP contribution in [0.3, 0.4) is 0 Å². The SMILES string of the molecule is CNc1cc(-n2nc(C)cc2Nc2cc(NC(=O)c3cc(CNCCO)cc(C(F)(F)F)c3)ccc2C)ncn1. The third-order valence-electron chi connectivity index (χ3n) is 5.92. The van der Waals surface area contributed by atoms with E-state index in [0.29, 0.717) is 28.8 Å². The highest BCUT2D eigenvalue weighted by atomic mass is 19.4. The van der Waals surface area contributed by atoms with Crippen LogP contribution < -0.4 is 21.3 Å².